The smallest absolute Gasteiger partial charge is 0.228 e. The van der Waals surface area contributed by atoms with Gasteiger partial charge in [0, 0.05) is 13.0 Å². The Morgan fingerprint density at radius 1 is 1.06 bits per heavy atom. The molecule has 0 aliphatic heterocycles. The number of amides is 1. The van der Waals surface area contributed by atoms with E-state index in [1.54, 1.807) is 35.2 Å². The van der Waals surface area contributed by atoms with Gasteiger partial charge in [0.25, 0.3) is 0 Å². The third-order valence-corrected chi connectivity index (χ3v) is 8.47. The number of carbonyl (C=O) groups is 1. The van der Waals surface area contributed by atoms with E-state index in [1.165, 1.54) is 11.3 Å². The predicted octanol–water partition coefficient (Wildman–Crippen LogP) is 4.80. The number of anilines is 1. The van der Waals surface area contributed by atoms with E-state index < -0.39 is 9.84 Å². The van der Waals surface area contributed by atoms with E-state index in [1.807, 2.05) is 33.2 Å². The van der Waals surface area contributed by atoms with E-state index >= 15 is 0 Å². The number of sulfone groups is 1. The minimum absolute atomic E-state index is 0.0704. The Morgan fingerprint density at radius 3 is 2.44 bits per heavy atom. The van der Waals surface area contributed by atoms with Gasteiger partial charge in [-0.1, -0.05) is 47.2 Å². The summed E-state index contributed by atoms with van der Waals surface area (Å²) in [6, 6.07) is 12.1. The molecule has 1 heterocycles. The number of hydrogen-bond acceptors (Lipinski definition) is 6. The highest BCUT2D eigenvalue weighted by Gasteiger charge is 2.22. The van der Waals surface area contributed by atoms with Gasteiger partial charge in [0.05, 0.1) is 25.9 Å². The van der Waals surface area contributed by atoms with Crippen LogP contribution in [0.2, 0.25) is 5.02 Å². The molecule has 0 spiro atoms. The molecule has 9 heteroatoms. The molecule has 3 aromatic rings. The van der Waals surface area contributed by atoms with Gasteiger partial charge in [-0.15, -0.1) is 0 Å². The monoisotopic (exact) mass is 493 g/mol. The third kappa shape index (κ3) is 6.07. The van der Waals surface area contributed by atoms with E-state index in [-0.39, 0.29) is 29.4 Å². The molecule has 1 aromatic heterocycles. The molecule has 0 aliphatic rings. The minimum Gasteiger partial charge on any atom is -0.309 e. The first-order valence-corrected chi connectivity index (χ1v) is 13.3. The number of rotatable bonds is 10. The number of aryl methyl sites for hydroxylation is 1. The highest BCUT2D eigenvalue weighted by atomic mass is 35.5. The van der Waals surface area contributed by atoms with Crippen LogP contribution in [0.25, 0.3) is 10.2 Å². The van der Waals surface area contributed by atoms with Gasteiger partial charge in [-0.3, -0.25) is 9.69 Å². The third-order valence-electron chi connectivity index (χ3n) is 5.11. The molecular weight excluding hydrogens is 466 g/mol. The number of nitrogens with zero attached hydrogens (tertiary/aromatic N) is 3. The van der Waals surface area contributed by atoms with E-state index in [9.17, 15) is 13.2 Å². The summed E-state index contributed by atoms with van der Waals surface area (Å²) < 4.78 is 25.9. The molecule has 2 aromatic carbocycles. The van der Waals surface area contributed by atoms with Gasteiger partial charge in [0.1, 0.15) is 0 Å². The molecule has 6 nitrogen and oxygen atoms in total. The topological polar surface area (TPSA) is 70.6 Å². The zero-order chi connectivity index (χ0) is 23.3. The Bertz CT molecular complexity index is 1140. The Balaban J connectivity index is 1.76. The number of fused-ring (bicyclic) bond motifs is 1. The SMILES string of the molecule is Cc1ccc(Cl)c2sc(N(CCCN(C)C)C(=O)CCCS(=O)(=O)c3ccccc3)nc12. The van der Waals surface area contributed by atoms with Crippen molar-refractivity contribution in [2.45, 2.75) is 31.1 Å². The molecule has 0 bridgehead atoms. The normalized spacial score (nSPS) is 11.9. The van der Waals surface area contributed by atoms with Crippen LogP contribution < -0.4 is 4.90 Å². The zero-order valence-electron chi connectivity index (χ0n) is 18.5. The van der Waals surface area contributed by atoms with Crippen LogP contribution in [0, 0.1) is 6.92 Å². The van der Waals surface area contributed by atoms with Crippen molar-refractivity contribution in [1.82, 2.24) is 9.88 Å². The summed E-state index contributed by atoms with van der Waals surface area (Å²) in [4.78, 5) is 21.9. The summed E-state index contributed by atoms with van der Waals surface area (Å²) in [5.74, 6) is -0.196. The number of aromatic nitrogens is 1. The largest absolute Gasteiger partial charge is 0.309 e. The first-order chi connectivity index (χ1) is 15.2. The van der Waals surface area contributed by atoms with Gasteiger partial charge >= 0.3 is 0 Å². The molecule has 0 fully saturated rings. The van der Waals surface area contributed by atoms with Crippen LogP contribution in [-0.4, -0.2) is 57.1 Å². The van der Waals surface area contributed by atoms with Gasteiger partial charge < -0.3 is 4.90 Å². The summed E-state index contributed by atoms with van der Waals surface area (Å²) >= 11 is 7.76. The number of hydrogen-bond donors (Lipinski definition) is 0. The Kier molecular flexibility index (Phi) is 8.27. The van der Waals surface area contributed by atoms with Crippen molar-refractivity contribution in [3.8, 4) is 0 Å². The summed E-state index contributed by atoms with van der Waals surface area (Å²) in [6.45, 7) is 3.31. The second-order valence-corrected chi connectivity index (χ2v) is 11.5. The van der Waals surface area contributed by atoms with Gasteiger partial charge in [-0.25, -0.2) is 13.4 Å². The maximum Gasteiger partial charge on any atom is 0.228 e. The molecule has 0 saturated carbocycles. The molecule has 172 valence electrons. The number of carbonyl (C=O) groups excluding carboxylic acids is 1. The summed E-state index contributed by atoms with van der Waals surface area (Å²) in [7, 11) is 0.561. The fraction of sp³-hybridized carbons (Fsp3) is 0.391. The predicted molar refractivity (Wildman–Crippen MR) is 133 cm³/mol. The summed E-state index contributed by atoms with van der Waals surface area (Å²) in [5.41, 5.74) is 1.80. The molecule has 0 saturated heterocycles. The summed E-state index contributed by atoms with van der Waals surface area (Å²) in [5, 5.41) is 1.22. The van der Waals surface area contributed by atoms with Gasteiger partial charge in [-0.05, 0) is 64.2 Å². The van der Waals surface area contributed by atoms with Crippen LogP contribution in [0.4, 0.5) is 5.13 Å². The lowest BCUT2D eigenvalue weighted by Crippen LogP contribution is -2.33. The fourth-order valence-corrected chi connectivity index (χ4v) is 6.06. The molecule has 0 atom stereocenters. The lowest BCUT2D eigenvalue weighted by Gasteiger charge is -2.21. The molecule has 3 rings (SSSR count). The van der Waals surface area contributed by atoms with Crippen molar-refractivity contribution < 1.29 is 13.2 Å². The average Bonchev–Trinajstić information content (AvgIpc) is 3.20. The standard InChI is InChI=1S/C23H28ClN3O3S2/c1-17-12-13-19(24)22-21(17)25-23(31-22)27(15-8-14-26(2)3)20(28)11-7-16-32(29,30)18-9-5-4-6-10-18/h4-6,9-10,12-13H,7-8,11,14-16H2,1-3H3. The van der Waals surface area contributed by atoms with Gasteiger partial charge in [0.2, 0.25) is 5.91 Å². The van der Waals surface area contributed by atoms with E-state index in [2.05, 4.69) is 4.90 Å². The quantitative estimate of drug-likeness (QED) is 0.406. The highest BCUT2D eigenvalue weighted by molar-refractivity contribution is 7.91. The van der Waals surface area contributed by atoms with Gasteiger partial charge in [-0.2, -0.15) is 0 Å². The van der Waals surface area contributed by atoms with Crippen molar-refractivity contribution in [3.05, 3.63) is 53.1 Å². The maximum absolute atomic E-state index is 13.1. The molecule has 0 N–H and O–H groups in total. The van der Waals surface area contributed by atoms with Crippen molar-refractivity contribution in [2.24, 2.45) is 0 Å². The van der Waals surface area contributed by atoms with Crippen molar-refractivity contribution in [1.29, 1.82) is 0 Å². The molecule has 1 amide bonds. The van der Waals surface area contributed by atoms with Crippen LogP contribution in [-0.2, 0) is 14.6 Å². The summed E-state index contributed by atoms with van der Waals surface area (Å²) in [6.07, 6.45) is 1.17. The van der Waals surface area contributed by atoms with Crippen molar-refractivity contribution in [2.75, 3.05) is 37.8 Å². The molecule has 32 heavy (non-hydrogen) atoms. The molecule has 0 radical (unpaired) electrons. The van der Waals surface area contributed by atoms with E-state index in [0.29, 0.717) is 16.7 Å². The van der Waals surface area contributed by atoms with E-state index in [4.69, 9.17) is 16.6 Å². The van der Waals surface area contributed by atoms with Gasteiger partial charge in [0.15, 0.2) is 15.0 Å². The zero-order valence-corrected chi connectivity index (χ0v) is 20.9. The second kappa shape index (κ2) is 10.7. The first-order valence-electron chi connectivity index (χ1n) is 10.5. The number of benzene rings is 2. The van der Waals surface area contributed by atoms with Crippen LogP contribution in [0.3, 0.4) is 0 Å². The fourth-order valence-electron chi connectivity index (χ4n) is 3.37. The van der Waals surface area contributed by atoms with Crippen LogP contribution in [0.1, 0.15) is 24.8 Å². The lowest BCUT2D eigenvalue weighted by molar-refractivity contribution is -0.118. The molecular formula is C23H28ClN3O3S2. The molecule has 0 unspecified atom stereocenters. The number of thiazole rings is 1. The Labute approximate surface area is 198 Å². The lowest BCUT2D eigenvalue weighted by atomic mass is 10.2. The highest BCUT2D eigenvalue weighted by Crippen LogP contribution is 2.36. The van der Waals surface area contributed by atoms with E-state index in [0.717, 1.165) is 28.7 Å². The second-order valence-electron chi connectivity index (χ2n) is 7.98. The first kappa shape index (κ1) is 24.6. The maximum atomic E-state index is 13.1. The minimum atomic E-state index is -3.41. The Hall–Kier alpha value is -2.00. The van der Waals surface area contributed by atoms with Crippen molar-refractivity contribution in [3.63, 3.8) is 0 Å². The van der Waals surface area contributed by atoms with Crippen LogP contribution in [0.15, 0.2) is 47.4 Å². The van der Waals surface area contributed by atoms with Crippen LogP contribution in [0.5, 0.6) is 0 Å². The Morgan fingerprint density at radius 2 is 1.78 bits per heavy atom. The van der Waals surface area contributed by atoms with Crippen LogP contribution >= 0.6 is 22.9 Å². The number of halogens is 1. The molecule has 0 aliphatic carbocycles. The average molecular weight is 494 g/mol. The van der Waals surface area contributed by atoms with Crippen molar-refractivity contribution >= 4 is 54.0 Å².